The van der Waals surface area contributed by atoms with Crippen molar-refractivity contribution in [1.82, 2.24) is 15.1 Å². The van der Waals surface area contributed by atoms with Crippen LogP contribution >= 0.6 is 0 Å². The molecule has 7 heteroatoms. The van der Waals surface area contributed by atoms with Crippen molar-refractivity contribution in [3.05, 3.63) is 54.7 Å². The minimum Gasteiger partial charge on any atom is -0.324 e. The fourth-order valence-electron chi connectivity index (χ4n) is 3.41. The number of piperidine rings is 1. The number of nitrogens with zero attached hydrogens (tertiary/aromatic N) is 2. The Balaban J connectivity index is 1.41. The first kappa shape index (κ1) is 17.1. The van der Waals surface area contributed by atoms with Gasteiger partial charge in [-0.1, -0.05) is 30.3 Å². The average molecular weight is 363 g/mol. The normalized spacial score (nSPS) is 16.9. The molecule has 0 bridgehead atoms. The van der Waals surface area contributed by atoms with Crippen molar-refractivity contribution in [3.63, 3.8) is 0 Å². The molecule has 1 aliphatic rings. The molecule has 3 N–H and O–H groups in total. The number of H-pyrrole nitrogens is 1. The molecule has 4 rings (SSSR count). The van der Waals surface area contributed by atoms with Crippen LogP contribution < -0.4 is 10.6 Å². The van der Waals surface area contributed by atoms with Gasteiger partial charge in [0.1, 0.15) is 0 Å². The number of aromatic amines is 1. The number of fused-ring (bicyclic) bond motifs is 1. The number of hydrogen-bond acceptors (Lipinski definition) is 3. The fraction of sp³-hybridized carbons (Fsp3) is 0.250. The van der Waals surface area contributed by atoms with Gasteiger partial charge in [0.05, 0.1) is 23.3 Å². The molecule has 1 aliphatic heterocycles. The van der Waals surface area contributed by atoms with E-state index in [2.05, 4.69) is 20.8 Å². The first-order valence-electron chi connectivity index (χ1n) is 9.04. The van der Waals surface area contributed by atoms with E-state index in [4.69, 9.17) is 0 Å². The van der Waals surface area contributed by atoms with Crippen LogP contribution in [0.1, 0.15) is 12.8 Å². The van der Waals surface area contributed by atoms with Crippen LogP contribution in [0.5, 0.6) is 0 Å². The molecule has 0 aliphatic carbocycles. The molecular weight excluding hydrogens is 342 g/mol. The minimum absolute atomic E-state index is 0.0747. The third-order valence-corrected chi connectivity index (χ3v) is 4.84. The van der Waals surface area contributed by atoms with E-state index >= 15 is 0 Å². The first-order chi connectivity index (χ1) is 13.2. The Hall–Kier alpha value is -3.35. The van der Waals surface area contributed by atoms with Crippen molar-refractivity contribution in [2.24, 2.45) is 5.92 Å². The van der Waals surface area contributed by atoms with E-state index in [1.54, 1.807) is 11.1 Å². The van der Waals surface area contributed by atoms with Gasteiger partial charge in [0.15, 0.2) is 0 Å². The first-order valence-corrected chi connectivity index (χ1v) is 9.04. The number of nitrogens with one attached hydrogen (secondary N) is 3. The molecule has 1 fully saturated rings. The van der Waals surface area contributed by atoms with E-state index in [0.29, 0.717) is 18.8 Å². The summed E-state index contributed by atoms with van der Waals surface area (Å²) in [4.78, 5) is 27.0. The highest BCUT2D eigenvalue weighted by Crippen LogP contribution is 2.23. The van der Waals surface area contributed by atoms with Crippen LogP contribution in [0.2, 0.25) is 0 Å². The second kappa shape index (κ2) is 7.49. The van der Waals surface area contributed by atoms with Gasteiger partial charge in [-0.05, 0) is 31.0 Å². The van der Waals surface area contributed by atoms with Crippen LogP contribution in [0.4, 0.5) is 16.2 Å². The Kier molecular flexibility index (Phi) is 4.74. The zero-order valence-corrected chi connectivity index (χ0v) is 14.8. The third kappa shape index (κ3) is 3.76. The summed E-state index contributed by atoms with van der Waals surface area (Å²) in [7, 11) is 0. The van der Waals surface area contributed by atoms with Crippen LogP contribution in [-0.4, -0.2) is 40.1 Å². The van der Waals surface area contributed by atoms with E-state index < -0.39 is 0 Å². The maximum Gasteiger partial charge on any atom is 0.321 e. The van der Waals surface area contributed by atoms with Crippen LogP contribution in [0.3, 0.4) is 0 Å². The molecule has 27 heavy (non-hydrogen) atoms. The van der Waals surface area contributed by atoms with E-state index in [0.717, 1.165) is 29.4 Å². The Bertz CT molecular complexity index is 953. The number of amides is 3. The number of carbonyl (C=O) groups is 2. The Morgan fingerprint density at radius 2 is 1.93 bits per heavy atom. The predicted octanol–water partition coefficient (Wildman–Crippen LogP) is 3.45. The smallest absolute Gasteiger partial charge is 0.321 e. The average Bonchev–Trinajstić information content (AvgIpc) is 3.19. The summed E-state index contributed by atoms with van der Waals surface area (Å²) in [6.07, 6.45) is 3.29. The van der Waals surface area contributed by atoms with E-state index in [1.165, 1.54) is 0 Å². The van der Waals surface area contributed by atoms with Crippen LogP contribution in [0.15, 0.2) is 54.7 Å². The highest BCUT2D eigenvalue weighted by molar-refractivity contribution is 6.01. The lowest BCUT2D eigenvalue weighted by Gasteiger charge is -2.32. The SMILES string of the molecule is O=C(Nc1cccc2cn[nH]c12)C1CCCN(C(=O)Nc2ccccc2)C1. The molecule has 2 aromatic carbocycles. The van der Waals surface area contributed by atoms with Crippen LogP contribution in [-0.2, 0) is 4.79 Å². The lowest BCUT2D eigenvalue weighted by Crippen LogP contribution is -2.45. The van der Waals surface area contributed by atoms with Crippen molar-refractivity contribution in [3.8, 4) is 0 Å². The number of carbonyl (C=O) groups excluding carboxylic acids is 2. The maximum atomic E-state index is 12.8. The standard InChI is InChI=1S/C20H21N5O2/c26-19(23-17-10-4-6-14-12-21-24-18(14)17)15-7-5-11-25(13-15)20(27)22-16-8-2-1-3-9-16/h1-4,6,8-10,12,15H,5,7,11,13H2,(H,21,24)(H,22,27)(H,23,26). The lowest BCUT2D eigenvalue weighted by molar-refractivity contribution is -0.121. The summed E-state index contributed by atoms with van der Waals surface area (Å²) in [5.74, 6) is -0.312. The summed E-state index contributed by atoms with van der Waals surface area (Å²) in [5.41, 5.74) is 2.26. The van der Waals surface area contributed by atoms with Gasteiger partial charge >= 0.3 is 6.03 Å². The topological polar surface area (TPSA) is 90.1 Å². The summed E-state index contributed by atoms with van der Waals surface area (Å²) in [6.45, 7) is 1.06. The molecule has 2 heterocycles. The molecule has 1 atom stereocenters. The van der Waals surface area contributed by atoms with Gasteiger partial charge in [-0.2, -0.15) is 5.10 Å². The van der Waals surface area contributed by atoms with Crippen molar-refractivity contribution in [1.29, 1.82) is 0 Å². The zero-order valence-electron chi connectivity index (χ0n) is 14.8. The van der Waals surface area contributed by atoms with Gasteiger partial charge in [0.2, 0.25) is 5.91 Å². The minimum atomic E-state index is -0.238. The Labute approximate surface area is 156 Å². The Morgan fingerprint density at radius 3 is 2.78 bits per heavy atom. The summed E-state index contributed by atoms with van der Waals surface area (Å²) in [5, 5.41) is 13.7. The monoisotopic (exact) mass is 363 g/mol. The Morgan fingerprint density at radius 1 is 1.07 bits per heavy atom. The van der Waals surface area contributed by atoms with E-state index in [1.807, 2.05) is 48.5 Å². The van der Waals surface area contributed by atoms with Gasteiger partial charge in [0.25, 0.3) is 0 Å². The molecule has 138 valence electrons. The number of hydrogen-bond donors (Lipinski definition) is 3. The van der Waals surface area contributed by atoms with Gasteiger partial charge in [-0.15, -0.1) is 0 Å². The van der Waals surface area contributed by atoms with Crippen LogP contribution in [0.25, 0.3) is 10.9 Å². The molecule has 3 aromatic rings. The van der Waals surface area contributed by atoms with Crippen molar-refractivity contribution in [2.45, 2.75) is 12.8 Å². The summed E-state index contributed by atoms with van der Waals surface area (Å²) < 4.78 is 0. The number of para-hydroxylation sites is 2. The molecule has 1 saturated heterocycles. The van der Waals surface area contributed by atoms with Gasteiger partial charge in [0, 0.05) is 24.2 Å². The number of rotatable bonds is 3. The summed E-state index contributed by atoms with van der Waals surface area (Å²) in [6, 6.07) is 14.8. The quantitative estimate of drug-likeness (QED) is 0.666. The lowest BCUT2D eigenvalue weighted by atomic mass is 9.97. The molecule has 3 amide bonds. The highest BCUT2D eigenvalue weighted by Gasteiger charge is 2.28. The zero-order chi connectivity index (χ0) is 18.6. The largest absolute Gasteiger partial charge is 0.324 e. The molecule has 1 unspecified atom stereocenters. The number of urea groups is 1. The van der Waals surface area contributed by atoms with E-state index in [9.17, 15) is 9.59 Å². The molecule has 0 spiro atoms. The number of benzene rings is 2. The maximum absolute atomic E-state index is 12.8. The molecule has 0 radical (unpaired) electrons. The molecule has 1 aromatic heterocycles. The predicted molar refractivity (Wildman–Crippen MR) is 104 cm³/mol. The third-order valence-electron chi connectivity index (χ3n) is 4.84. The van der Waals surface area contributed by atoms with Crippen molar-refractivity contribution in [2.75, 3.05) is 23.7 Å². The number of anilines is 2. The molecular formula is C20H21N5O2. The van der Waals surface area contributed by atoms with Crippen molar-refractivity contribution >= 4 is 34.2 Å². The van der Waals surface area contributed by atoms with Gasteiger partial charge < -0.3 is 15.5 Å². The van der Waals surface area contributed by atoms with E-state index in [-0.39, 0.29) is 17.9 Å². The highest BCUT2D eigenvalue weighted by atomic mass is 16.2. The van der Waals surface area contributed by atoms with Gasteiger partial charge in [-0.3, -0.25) is 9.89 Å². The number of aromatic nitrogens is 2. The fourth-order valence-corrected chi connectivity index (χ4v) is 3.41. The number of likely N-dealkylation sites (tertiary alicyclic amines) is 1. The van der Waals surface area contributed by atoms with Gasteiger partial charge in [-0.25, -0.2) is 4.79 Å². The molecule has 0 saturated carbocycles. The second-order valence-corrected chi connectivity index (χ2v) is 6.71. The van der Waals surface area contributed by atoms with Crippen LogP contribution in [0, 0.1) is 5.92 Å². The second-order valence-electron chi connectivity index (χ2n) is 6.71. The summed E-state index contributed by atoms with van der Waals surface area (Å²) >= 11 is 0. The molecule has 7 nitrogen and oxygen atoms in total. The van der Waals surface area contributed by atoms with Crippen molar-refractivity contribution < 1.29 is 9.59 Å².